The Hall–Kier alpha value is -1.46. The fourth-order valence-electron chi connectivity index (χ4n) is 2.33. The Kier molecular flexibility index (Phi) is 3.95. The maximum absolute atomic E-state index is 4.44. The van der Waals surface area contributed by atoms with Gasteiger partial charge in [0.1, 0.15) is 17.0 Å². The number of rotatable bonds is 3. The van der Waals surface area contributed by atoms with Gasteiger partial charge in [-0.1, -0.05) is 28.1 Å². The normalized spacial score (nSPS) is 12.6. The lowest BCUT2D eigenvalue weighted by atomic mass is 10.1. The van der Waals surface area contributed by atoms with Gasteiger partial charge in [0.25, 0.3) is 0 Å². The lowest BCUT2D eigenvalue weighted by molar-refractivity contribution is 0.875. The molecule has 3 aromatic rings. The summed E-state index contributed by atoms with van der Waals surface area (Å²) < 4.78 is 1.09. The van der Waals surface area contributed by atoms with Crippen molar-refractivity contribution >= 4 is 43.3 Å². The second-order valence-electron chi connectivity index (χ2n) is 5.10. The second-order valence-corrected chi connectivity index (χ2v) is 7.22. The zero-order valence-electron chi connectivity index (χ0n) is 12.1. The molecule has 1 N–H and O–H groups in total. The van der Waals surface area contributed by atoms with Crippen molar-refractivity contribution in [2.75, 3.05) is 5.32 Å². The fraction of sp³-hybridized carbons (Fsp3) is 0.250. The second kappa shape index (κ2) is 5.73. The average Bonchev–Trinajstić information content (AvgIpc) is 2.76. The first kappa shape index (κ1) is 14.5. The summed E-state index contributed by atoms with van der Waals surface area (Å²) in [6.45, 7) is 6.41. The highest BCUT2D eigenvalue weighted by Gasteiger charge is 2.14. The van der Waals surface area contributed by atoms with E-state index in [1.54, 1.807) is 17.7 Å². The van der Waals surface area contributed by atoms with E-state index in [0.717, 1.165) is 20.5 Å². The van der Waals surface area contributed by atoms with Crippen LogP contribution in [0, 0.1) is 13.8 Å². The van der Waals surface area contributed by atoms with Crippen LogP contribution in [-0.2, 0) is 0 Å². The molecule has 0 aliphatic heterocycles. The van der Waals surface area contributed by atoms with E-state index in [2.05, 4.69) is 76.3 Å². The van der Waals surface area contributed by atoms with Gasteiger partial charge in [-0.2, -0.15) is 0 Å². The van der Waals surface area contributed by atoms with E-state index in [4.69, 9.17) is 0 Å². The van der Waals surface area contributed by atoms with Crippen LogP contribution >= 0.6 is 27.3 Å². The number of anilines is 1. The molecule has 0 amide bonds. The van der Waals surface area contributed by atoms with Crippen molar-refractivity contribution < 1.29 is 0 Å². The van der Waals surface area contributed by atoms with Gasteiger partial charge < -0.3 is 5.32 Å². The van der Waals surface area contributed by atoms with Gasteiger partial charge in [-0.25, -0.2) is 9.97 Å². The maximum atomic E-state index is 4.44. The molecule has 108 valence electrons. The molecule has 1 atom stereocenters. The predicted octanol–water partition coefficient (Wildman–Crippen LogP) is 5.24. The molecule has 0 aliphatic carbocycles. The number of benzene rings is 1. The Labute approximate surface area is 136 Å². The molecule has 0 saturated carbocycles. The van der Waals surface area contributed by atoms with Crippen molar-refractivity contribution in [2.24, 2.45) is 0 Å². The van der Waals surface area contributed by atoms with E-state index in [1.165, 1.54) is 16.0 Å². The van der Waals surface area contributed by atoms with Crippen LogP contribution in [0.3, 0.4) is 0 Å². The Morgan fingerprint density at radius 1 is 1.14 bits per heavy atom. The molecular weight excluding hydrogens is 346 g/mol. The highest BCUT2D eigenvalue weighted by Crippen LogP contribution is 2.33. The molecule has 3 nitrogen and oxygen atoms in total. The van der Waals surface area contributed by atoms with Gasteiger partial charge in [0, 0.05) is 15.4 Å². The first-order valence-corrected chi connectivity index (χ1v) is 8.40. The van der Waals surface area contributed by atoms with Crippen LogP contribution in [-0.4, -0.2) is 9.97 Å². The van der Waals surface area contributed by atoms with E-state index in [1.807, 2.05) is 0 Å². The van der Waals surface area contributed by atoms with Crippen LogP contribution in [0.2, 0.25) is 0 Å². The average molecular weight is 362 g/mol. The topological polar surface area (TPSA) is 37.8 Å². The van der Waals surface area contributed by atoms with Crippen LogP contribution in [0.4, 0.5) is 5.82 Å². The van der Waals surface area contributed by atoms with Gasteiger partial charge >= 0.3 is 0 Å². The van der Waals surface area contributed by atoms with Gasteiger partial charge in [-0.05, 0) is 44.0 Å². The van der Waals surface area contributed by atoms with Crippen LogP contribution in [0.25, 0.3) is 10.2 Å². The van der Waals surface area contributed by atoms with Crippen LogP contribution in [0.15, 0.2) is 35.1 Å². The zero-order valence-corrected chi connectivity index (χ0v) is 14.5. The molecule has 3 rings (SSSR count). The predicted molar refractivity (Wildman–Crippen MR) is 93.1 cm³/mol. The van der Waals surface area contributed by atoms with E-state index < -0.39 is 0 Å². The molecule has 5 heteroatoms. The Balaban J connectivity index is 1.96. The Bertz CT molecular complexity index is 780. The molecule has 0 saturated heterocycles. The van der Waals surface area contributed by atoms with Crippen LogP contribution in [0.5, 0.6) is 0 Å². The van der Waals surface area contributed by atoms with Crippen molar-refractivity contribution in [1.29, 1.82) is 0 Å². The van der Waals surface area contributed by atoms with Crippen molar-refractivity contribution in [3.63, 3.8) is 0 Å². The highest BCUT2D eigenvalue weighted by molar-refractivity contribution is 9.10. The maximum Gasteiger partial charge on any atom is 0.138 e. The Morgan fingerprint density at radius 2 is 1.86 bits per heavy atom. The van der Waals surface area contributed by atoms with E-state index >= 15 is 0 Å². The number of thiophene rings is 1. The molecule has 0 fully saturated rings. The third kappa shape index (κ3) is 2.80. The van der Waals surface area contributed by atoms with Crippen molar-refractivity contribution in [3.8, 4) is 0 Å². The number of nitrogens with zero attached hydrogens (tertiary/aromatic N) is 2. The monoisotopic (exact) mass is 361 g/mol. The van der Waals surface area contributed by atoms with Crippen LogP contribution < -0.4 is 5.32 Å². The number of aryl methyl sites for hydroxylation is 2. The van der Waals surface area contributed by atoms with E-state index in [-0.39, 0.29) is 6.04 Å². The minimum Gasteiger partial charge on any atom is -0.363 e. The summed E-state index contributed by atoms with van der Waals surface area (Å²) in [5, 5.41) is 4.66. The highest BCUT2D eigenvalue weighted by atomic mass is 79.9. The van der Waals surface area contributed by atoms with Gasteiger partial charge in [-0.15, -0.1) is 11.3 Å². The lowest BCUT2D eigenvalue weighted by Gasteiger charge is -2.16. The van der Waals surface area contributed by atoms with E-state index in [0.29, 0.717) is 0 Å². The number of aromatic nitrogens is 2. The molecule has 1 aromatic carbocycles. The summed E-state index contributed by atoms with van der Waals surface area (Å²) in [5.74, 6) is 0.914. The number of nitrogens with one attached hydrogen (secondary N) is 1. The number of halogens is 1. The molecule has 2 aromatic heterocycles. The largest absolute Gasteiger partial charge is 0.363 e. The SMILES string of the molecule is Cc1sc2ncnc(NC(C)c3ccc(Br)cc3)c2c1C. The summed E-state index contributed by atoms with van der Waals surface area (Å²) in [6.07, 6.45) is 1.63. The summed E-state index contributed by atoms with van der Waals surface area (Å²) in [6, 6.07) is 8.54. The molecule has 0 aliphatic rings. The van der Waals surface area contributed by atoms with Crippen molar-refractivity contribution in [3.05, 3.63) is 51.1 Å². The zero-order chi connectivity index (χ0) is 15.0. The molecular formula is C16H16BrN3S. The summed E-state index contributed by atoms with van der Waals surface area (Å²) in [5.41, 5.74) is 2.50. The smallest absolute Gasteiger partial charge is 0.138 e. The molecule has 1 unspecified atom stereocenters. The molecule has 2 heterocycles. The molecule has 0 bridgehead atoms. The van der Waals surface area contributed by atoms with Gasteiger partial charge in [0.15, 0.2) is 0 Å². The number of hydrogen-bond donors (Lipinski definition) is 1. The first-order valence-electron chi connectivity index (χ1n) is 6.79. The fourth-order valence-corrected chi connectivity index (χ4v) is 3.59. The lowest BCUT2D eigenvalue weighted by Crippen LogP contribution is -2.08. The number of hydrogen-bond acceptors (Lipinski definition) is 4. The third-order valence-electron chi connectivity index (χ3n) is 3.69. The minimum absolute atomic E-state index is 0.191. The third-order valence-corrected chi connectivity index (χ3v) is 5.33. The minimum atomic E-state index is 0.191. The standard InChI is InChI=1S/C16H16BrN3S/c1-9-11(3)21-16-14(9)15(18-8-19-16)20-10(2)12-4-6-13(17)7-5-12/h4-8,10H,1-3H3,(H,18,19,20). The van der Waals surface area contributed by atoms with Gasteiger partial charge in [-0.3, -0.25) is 0 Å². The molecule has 0 spiro atoms. The summed E-state index contributed by atoms with van der Waals surface area (Å²) in [4.78, 5) is 11.2. The first-order chi connectivity index (χ1) is 10.1. The van der Waals surface area contributed by atoms with Gasteiger partial charge in [0.2, 0.25) is 0 Å². The molecule has 21 heavy (non-hydrogen) atoms. The van der Waals surface area contributed by atoms with Gasteiger partial charge in [0.05, 0.1) is 5.39 Å². The van der Waals surface area contributed by atoms with Crippen LogP contribution in [0.1, 0.15) is 29.0 Å². The van der Waals surface area contributed by atoms with Crippen molar-refractivity contribution in [2.45, 2.75) is 26.8 Å². The quantitative estimate of drug-likeness (QED) is 0.692. The summed E-state index contributed by atoms with van der Waals surface area (Å²) >= 11 is 5.19. The van der Waals surface area contributed by atoms with E-state index in [9.17, 15) is 0 Å². The number of fused-ring (bicyclic) bond motifs is 1. The van der Waals surface area contributed by atoms with Crippen molar-refractivity contribution in [1.82, 2.24) is 9.97 Å². The Morgan fingerprint density at radius 3 is 2.57 bits per heavy atom. The summed E-state index contributed by atoms with van der Waals surface area (Å²) in [7, 11) is 0. The molecule has 0 radical (unpaired) electrons.